The Morgan fingerprint density at radius 2 is 1.71 bits per heavy atom. The molecule has 28 heavy (non-hydrogen) atoms. The molecular weight excluding hydrogens is 394 g/mol. The van der Waals surface area contributed by atoms with Crippen LogP contribution in [0.3, 0.4) is 0 Å². The Bertz CT molecular complexity index is 1140. The fourth-order valence-electron chi connectivity index (χ4n) is 3.31. The van der Waals surface area contributed by atoms with E-state index in [1.165, 1.54) is 28.0 Å². The summed E-state index contributed by atoms with van der Waals surface area (Å²) in [5.41, 5.74) is 1.90. The summed E-state index contributed by atoms with van der Waals surface area (Å²) >= 11 is 3.00. The molecule has 0 N–H and O–H groups in total. The maximum Gasteiger partial charge on any atom is 0.262 e. The summed E-state index contributed by atoms with van der Waals surface area (Å²) in [6.07, 6.45) is 0.631. The van der Waals surface area contributed by atoms with Crippen LogP contribution in [0.25, 0.3) is 10.2 Å². The lowest BCUT2D eigenvalue weighted by Crippen LogP contribution is -2.31. The highest BCUT2D eigenvalue weighted by atomic mass is 32.2. The summed E-state index contributed by atoms with van der Waals surface area (Å²) in [5.74, 6) is 0.187. The molecule has 144 valence electrons. The highest BCUT2D eigenvalue weighted by molar-refractivity contribution is 7.99. The van der Waals surface area contributed by atoms with Crippen molar-refractivity contribution in [1.29, 1.82) is 0 Å². The van der Waals surface area contributed by atoms with Crippen LogP contribution in [0.1, 0.15) is 37.6 Å². The second-order valence-electron chi connectivity index (χ2n) is 6.73. The molecule has 0 unspecified atom stereocenters. The van der Waals surface area contributed by atoms with Gasteiger partial charge in [-0.1, -0.05) is 23.9 Å². The predicted octanol–water partition coefficient (Wildman–Crippen LogP) is 3.39. The fourth-order valence-corrected chi connectivity index (χ4v) is 5.28. The average molecular weight is 414 g/mol. The fraction of sp³-hybridized carbons (Fsp3) is 0.300. The molecule has 0 radical (unpaired) electrons. The molecule has 2 amide bonds. The number of fused-ring (bicyclic) bond motifs is 2. The lowest BCUT2D eigenvalue weighted by molar-refractivity contribution is 0.0655. The van der Waals surface area contributed by atoms with Gasteiger partial charge in [0.05, 0.1) is 16.5 Å². The standard InChI is InChI=1S/C20H19N3O3S2/c1-11-12(2)28-16-15(11)19(26)22(3)20(21-16)27-10-6-9-23-17(24)13-7-4-5-8-14(13)18(23)25/h4-5,7-8H,6,9-10H2,1-3H3. The second-order valence-corrected chi connectivity index (χ2v) is 9.00. The molecule has 0 atom stereocenters. The van der Waals surface area contributed by atoms with Gasteiger partial charge in [-0.25, -0.2) is 4.98 Å². The number of aromatic nitrogens is 2. The van der Waals surface area contributed by atoms with Crippen molar-refractivity contribution in [1.82, 2.24) is 14.5 Å². The molecule has 8 heteroatoms. The van der Waals surface area contributed by atoms with Crippen LogP contribution in [0, 0.1) is 13.8 Å². The minimum absolute atomic E-state index is 0.0327. The second kappa shape index (κ2) is 7.18. The quantitative estimate of drug-likeness (QED) is 0.277. The van der Waals surface area contributed by atoms with Gasteiger partial charge < -0.3 is 0 Å². The smallest absolute Gasteiger partial charge is 0.262 e. The van der Waals surface area contributed by atoms with Crippen molar-refractivity contribution in [3.63, 3.8) is 0 Å². The third-order valence-electron chi connectivity index (χ3n) is 5.00. The van der Waals surface area contributed by atoms with E-state index in [1.807, 2.05) is 13.8 Å². The number of hydrogen-bond donors (Lipinski definition) is 0. The summed E-state index contributed by atoms with van der Waals surface area (Å²) in [4.78, 5) is 45.3. The number of thioether (sulfide) groups is 1. The number of hydrogen-bond acceptors (Lipinski definition) is 6. The van der Waals surface area contributed by atoms with Crippen LogP contribution in [0.4, 0.5) is 0 Å². The van der Waals surface area contributed by atoms with Crippen molar-refractivity contribution < 1.29 is 9.59 Å². The molecule has 3 aromatic rings. The van der Waals surface area contributed by atoms with Crippen molar-refractivity contribution >= 4 is 45.1 Å². The maximum absolute atomic E-state index is 12.7. The number of benzene rings is 1. The third kappa shape index (κ3) is 2.97. The molecule has 0 aliphatic carbocycles. The lowest BCUT2D eigenvalue weighted by Gasteiger charge is -2.13. The highest BCUT2D eigenvalue weighted by Crippen LogP contribution is 2.28. The van der Waals surface area contributed by atoms with Crippen molar-refractivity contribution in [3.8, 4) is 0 Å². The zero-order valence-corrected chi connectivity index (χ0v) is 17.4. The average Bonchev–Trinajstić information content (AvgIpc) is 3.10. The number of imide groups is 1. The first-order valence-electron chi connectivity index (χ1n) is 8.95. The van der Waals surface area contributed by atoms with Gasteiger partial charge in [0.15, 0.2) is 5.16 Å². The SMILES string of the molecule is Cc1sc2nc(SCCCN3C(=O)c4ccccc4C3=O)n(C)c(=O)c2c1C. The highest BCUT2D eigenvalue weighted by Gasteiger charge is 2.34. The van der Waals surface area contributed by atoms with Gasteiger partial charge in [0.2, 0.25) is 0 Å². The van der Waals surface area contributed by atoms with Crippen molar-refractivity contribution in [3.05, 3.63) is 56.2 Å². The minimum Gasteiger partial charge on any atom is -0.290 e. The first kappa shape index (κ1) is 18.9. The Morgan fingerprint density at radius 1 is 1.07 bits per heavy atom. The number of aryl methyl sites for hydroxylation is 2. The molecule has 1 aromatic carbocycles. The summed E-state index contributed by atoms with van der Waals surface area (Å²) in [6, 6.07) is 6.90. The molecule has 0 spiro atoms. The predicted molar refractivity (Wildman–Crippen MR) is 111 cm³/mol. The van der Waals surface area contributed by atoms with E-state index in [9.17, 15) is 14.4 Å². The van der Waals surface area contributed by atoms with Crippen LogP contribution < -0.4 is 5.56 Å². The molecule has 4 rings (SSSR count). The number of amides is 2. The van der Waals surface area contributed by atoms with Crippen LogP contribution in [-0.4, -0.2) is 38.6 Å². The van der Waals surface area contributed by atoms with E-state index in [-0.39, 0.29) is 17.4 Å². The third-order valence-corrected chi connectivity index (χ3v) is 7.22. The molecular formula is C20H19N3O3S2. The van der Waals surface area contributed by atoms with E-state index >= 15 is 0 Å². The number of thiophene rings is 1. The Balaban J connectivity index is 1.44. The maximum atomic E-state index is 12.7. The van der Waals surface area contributed by atoms with E-state index in [0.717, 1.165) is 15.3 Å². The van der Waals surface area contributed by atoms with Crippen LogP contribution in [0.15, 0.2) is 34.2 Å². The van der Waals surface area contributed by atoms with Crippen LogP contribution in [-0.2, 0) is 7.05 Å². The summed E-state index contributed by atoms with van der Waals surface area (Å²) < 4.78 is 1.58. The van der Waals surface area contributed by atoms with Gasteiger partial charge >= 0.3 is 0 Å². The Labute approximate surface area is 170 Å². The van der Waals surface area contributed by atoms with E-state index in [1.54, 1.807) is 35.9 Å². The molecule has 0 saturated carbocycles. The molecule has 3 heterocycles. The lowest BCUT2D eigenvalue weighted by atomic mass is 10.1. The largest absolute Gasteiger partial charge is 0.290 e. The first-order valence-corrected chi connectivity index (χ1v) is 10.7. The van der Waals surface area contributed by atoms with Crippen molar-refractivity contribution in [2.24, 2.45) is 7.05 Å². The van der Waals surface area contributed by atoms with Gasteiger partial charge in [-0.05, 0) is 38.0 Å². The topological polar surface area (TPSA) is 72.3 Å². The molecule has 0 fully saturated rings. The van der Waals surface area contributed by atoms with Gasteiger partial charge in [0.25, 0.3) is 17.4 Å². The van der Waals surface area contributed by atoms with Crippen LogP contribution in [0.2, 0.25) is 0 Å². The van der Waals surface area contributed by atoms with Gasteiger partial charge in [-0.2, -0.15) is 0 Å². The van der Waals surface area contributed by atoms with E-state index in [0.29, 0.717) is 40.4 Å². The molecule has 2 aromatic heterocycles. The normalized spacial score (nSPS) is 13.6. The molecule has 1 aliphatic heterocycles. The van der Waals surface area contributed by atoms with Crippen molar-refractivity contribution in [2.45, 2.75) is 25.4 Å². The Hall–Kier alpha value is -2.45. The summed E-state index contributed by atoms with van der Waals surface area (Å²) in [5, 5.41) is 1.35. The van der Waals surface area contributed by atoms with Gasteiger partial charge in [-0.15, -0.1) is 11.3 Å². The molecule has 6 nitrogen and oxygen atoms in total. The molecule has 1 aliphatic rings. The number of rotatable bonds is 5. The zero-order chi connectivity index (χ0) is 20.0. The zero-order valence-electron chi connectivity index (χ0n) is 15.8. The van der Waals surface area contributed by atoms with E-state index in [4.69, 9.17) is 0 Å². The van der Waals surface area contributed by atoms with Gasteiger partial charge in [0, 0.05) is 24.2 Å². The van der Waals surface area contributed by atoms with E-state index in [2.05, 4.69) is 4.98 Å². The first-order chi connectivity index (χ1) is 13.4. The van der Waals surface area contributed by atoms with Crippen molar-refractivity contribution in [2.75, 3.05) is 12.3 Å². The van der Waals surface area contributed by atoms with Gasteiger partial charge in [-0.3, -0.25) is 23.9 Å². The molecule has 0 saturated heterocycles. The van der Waals surface area contributed by atoms with E-state index < -0.39 is 0 Å². The Kier molecular flexibility index (Phi) is 4.84. The van der Waals surface area contributed by atoms with Gasteiger partial charge in [0.1, 0.15) is 4.83 Å². The number of carbonyl (C=O) groups is 2. The monoisotopic (exact) mass is 413 g/mol. The number of carbonyl (C=O) groups excluding carboxylic acids is 2. The number of nitrogens with zero attached hydrogens (tertiary/aromatic N) is 3. The Morgan fingerprint density at radius 3 is 2.36 bits per heavy atom. The minimum atomic E-state index is -0.234. The summed E-state index contributed by atoms with van der Waals surface area (Å²) in [7, 11) is 1.73. The van der Waals surface area contributed by atoms with Crippen LogP contribution in [0.5, 0.6) is 0 Å². The van der Waals surface area contributed by atoms with Crippen LogP contribution >= 0.6 is 23.1 Å². The summed E-state index contributed by atoms with van der Waals surface area (Å²) in [6.45, 7) is 4.30. The molecule has 0 bridgehead atoms.